The summed E-state index contributed by atoms with van der Waals surface area (Å²) in [6, 6.07) is 13.7. The zero-order chi connectivity index (χ0) is 17.0. The predicted molar refractivity (Wildman–Crippen MR) is 100 cm³/mol. The van der Waals surface area contributed by atoms with E-state index in [0.717, 1.165) is 54.1 Å². The highest BCUT2D eigenvalue weighted by Gasteiger charge is 2.53. The number of hydrogen-bond donors (Lipinski definition) is 1. The van der Waals surface area contributed by atoms with Crippen LogP contribution in [0.5, 0.6) is 11.5 Å². The number of fused-ring (bicyclic) bond motifs is 2. The van der Waals surface area contributed by atoms with Crippen LogP contribution >= 0.6 is 11.6 Å². The molecule has 2 atom stereocenters. The van der Waals surface area contributed by atoms with Crippen LogP contribution in [0, 0.1) is 5.92 Å². The average Bonchev–Trinajstić information content (AvgIpc) is 3.27. The SMILES string of the molecule is CC1CC12CN(C1=Nc3cc(Cl)ccc3Oc3ccccc31)CCN2. The minimum atomic E-state index is 0.250. The molecule has 0 aromatic heterocycles. The highest BCUT2D eigenvalue weighted by Crippen LogP contribution is 2.46. The van der Waals surface area contributed by atoms with Gasteiger partial charge < -0.3 is 15.0 Å². The number of hydrogen-bond acceptors (Lipinski definition) is 4. The van der Waals surface area contributed by atoms with E-state index in [0.29, 0.717) is 5.02 Å². The van der Waals surface area contributed by atoms with Gasteiger partial charge in [-0.2, -0.15) is 0 Å². The third kappa shape index (κ3) is 2.52. The first kappa shape index (κ1) is 15.2. The fraction of sp³-hybridized carbons (Fsp3) is 0.350. The van der Waals surface area contributed by atoms with Crippen molar-refractivity contribution in [3.8, 4) is 11.5 Å². The van der Waals surface area contributed by atoms with E-state index in [-0.39, 0.29) is 5.54 Å². The summed E-state index contributed by atoms with van der Waals surface area (Å²) in [4.78, 5) is 7.39. The fourth-order valence-electron chi connectivity index (χ4n) is 3.99. The van der Waals surface area contributed by atoms with Gasteiger partial charge in [-0.3, -0.25) is 0 Å². The Bertz CT molecular complexity index is 881. The molecule has 0 bridgehead atoms. The van der Waals surface area contributed by atoms with Crippen LogP contribution in [0.3, 0.4) is 0 Å². The summed E-state index contributed by atoms with van der Waals surface area (Å²) in [5, 5.41) is 4.38. The van der Waals surface area contributed by atoms with E-state index >= 15 is 0 Å². The third-order valence-corrected chi connectivity index (χ3v) is 5.82. The minimum Gasteiger partial charge on any atom is -0.454 e. The number of amidine groups is 1. The topological polar surface area (TPSA) is 36.9 Å². The maximum atomic E-state index is 6.20. The monoisotopic (exact) mass is 353 g/mol. The maximum absolute atomic E-state index is 6.20. The molecule has 2 aromatic carbocycles. The molecular formula is C20H20ClN3O. The molecule has 4 nitrogen and oxygen atoms in total. The van der Waals surface area contributed by atoms with Gasteiger partial charge in [-0.25, -0.2) is 4.99 Å². The molecule has 2 aliphatic heterocycles. The van der Waals surface area contributed by atoms with Gasteiger partial charge >= 0.3 is 0 Å². The van der Waals surface area contributed by atoms with E-state index in [1.165, 1.54) is 6.42 Å². The molecule has 1 spiro atoms. The summed E-state index contributed by atoms with van der Waals surface area (Å²) in [6.07, 6.45) is 1.23. The normalized spacial score (nSPS) is 27.0. The van der Waals surface area contributed by atoms with Gasteiger partial charge in [0, 0.05) is 30.2 Å². The molecular weight excluding hydrogens is 334 g/mol. The maximum Gasteiger partial charge on any atom is 0.153 e. The molecule has 1 saturated carbocycles. The number of benzene rings is 2. The largest absolute Gasteiger partial charge is 0.454 e. The minimum absolute atomic E-state index is 0.250. The molecule has 1 aliphatic carbocycles. The second-order valence-electron chi connectivity index (χ2n) is 7.26. The molecule has 5 heteroatoms. The van der Waals surface area contributed by atoms with Gasteiger partial charge in [-0.1, -0.05) is 30.7 Å². The Labute approximate surface area is 152 Å². The number of piperazine rings is 1. The molecule has 3 aliphatic rings. The molecule has 1 N–H and O–H groups in total. The first-order chi connectivity index (χ1) is 12.1. The predicted octanol–water partition coefficient (Wildman–Crippen LogP) is 4.21. The number of aliphatic imine (C=N–C) groups is 1. The molecule has 2 fully saturated rings. The van der Waals surface area contributed by atoms with Crippen molar-refractivity contribution in [1.29, 1.82) is 0 Å². The summed E-state index contributed by atoms with van der Waals surface area (Å²) >= 11 is 6.20. The van der Waals surface area contributed by atoms with E-state index in [4.69, 9.17) is 21.3 Å². The average molecular weight is 354 g/mol. The van der Waals surface area contributed by atoms with Crippen molar-refractivity contribution < 1.29 is 4.74 Å². The molecule has 2 aromatic rings. The second-order valence-corrected chi connectivity index (χ2v) is 7.69. The Hall–Kier alpha value is -2.04. The zero-order valence-electron chi connectivity index (χ0n) is 14.1. The van der Waals surface area contributed by atoms with Crippen molar-refractivity contribution in [2.75, 3.05) is 19.6 Å². The van der Waals surface area contributed by atoms with Crippen LogP contribution in [0.1, 0.15) is 18.9 Å². The molecule has 128 valence electrons. The van der Waals surface area contributed by atoms with Crippen LogP contribution in [0.15, 0.2) is 47.5 Å². The van der Waals surface area contributed by atoms with Gasteiger partial charge in [-0.15, -0.1) is 0 Å². The van der Waals surface area contributed by atoms with E-state index in [1.807, 2.05) is 36.4 Å². The van der Waals surface area contributed by atoms with E-state index < -0.39 is 0 Å². The summed E-state index contributed by atoms with van der Waals surface area (Å²) < 4.78 is 6.15. The molecule has 0 radical (unpaired) electrons. The van der Waals surface area contributed by atoms with Gasteiger partial charge in [-0.05, 0) is 42.7 Å². The van der Waals surface area contributed by atoms with Crippen LogP contribution in [0.25, 0.3) is 0 Å². The smallest absolute Gasteiger partial charge is 0.153 e. The first-order valence-corrected chi connectivity index (χ1v) is 9.18. The van der Waals surface area contributed by atoms with Crippen molar-refractivity contribution in [2.24, 2.45) is 10.9 Å². The number of nitrogens with one attached hydrogen (secondary N) is 1. The standard InChI is InChI=1S/C20H20ClN3O/c1-13-11-20(13)12-24(9-8-22-20)19-15-4-2-3-5-17(15)25-18-7-6-14(21)10-16(18)23-19/h2-7,10,13,22H,8-9,11-12H2,1H3. The van der Waals surface area contributed by atoms with Gasteiger partial charge in [0.15, 0.2) is 5.75 Å². The first-order valence-electron chi connectivity index (χ1n) is 8.80. The van der Waals surface area contributed by atoms with Crippen LogP contribution in [-0.2, 0) is 0 Å². The second kappa shape index (κ2) is 5.48. The lowest BCUT2D eigenvalue weighted by atomic mass is 10.1. The van der Waals surface area contributed by atoms with Crippen LogP contribution in [0.4, 0.5) is 5.69 Å². The number of ether oxygens (including phenoxy) is 1. The Morgan fingerprint density at radius 1 is 1.24 bits per heavy atom. The molecule has 2 heterocycles. The number of halogens is 1. The lowest BCUT2D eigenvalue weighted by Gasteiger charge is -2.36. The molecule has 5 rings (SSSR count). The fourth-order valence-corrected chi connectivity index (χ4v) is 4.16. The Balaban J connectivity index is 1.62. The molecule has 1 saturated heterocycles. The Morgan fingerprint density at radius 3 is 2.92 bits per heavy atom. The van der Waals surface area contributed by atoms with Gasteiger partial charge in [0.1, 0.15) is 17.3 Å². The van der Waals surface area contributed by atoms with Crippen molar-refractivity contribution in [3.05, 3.63) is 53.1 Å². The van der Waals surface area contributed by atoms with Crippen molar-refractivity contribution in [2.45, 2.75) is 18.9 Å². The van der Waals surface area contributed by atoms with Crippen LogP contribution < -0.4 is 10.1 Å². The highest BCUT2D eigenvalue weighted by molar-refractivity contribution is 6.31. The summed E-state index contributed by atoms with van der Waals surface area (Å²) in [5.74, 6) is 3.29. The molecule has 2 unspecified atom stereocenters. The van der Waals surface area contributed by atoms with Gasteiger partial charge in [0.2, 0.25) is 0 Å². The van der Waals surface area contributed by atoms with Crippen LogP contribution in [-0.4, -0.2) is 35.9 Å². The highest BCUT2D eigenvalue weighted by atomic mass is 35.5. The lowest BCUT2D eigenvalue weighted by Crippen LogP contribution is -2.55. The molecule has 25 heavy (non-hydrogen) atoms. The van der Waals surface area contributed by atoms with Crippen molar-refractivity contribution >= 4 is 23.1 Å². The Kier molecular flexibility index (Phi) is 3.34. The third-order valence-electron chi connectivity index (χ3n) is 5.58. The van der Waals surface area contributed by atoms with Gasteiger partial charge in [0.25, 0.3) is 0 Å². The zero-order valence-corrected chi connectivity index (χ0v) is 14.9. The number of rotatable bonds is 0. The summed E-state index contributed by atoms with van der Waals surface area (Å²) in [5.41, 5.74) is 2.08. The van der Waals surface area contributed by atoms with E-state index in [1.54, 1.807) is 0 Å². The Morgan fingerprint density at radius 2 is 2.08 bits per heavy atom. The lowest BCUT2D eigenvalue weighted by molar-refractivity contribution is 0.266. The summed E-state index contributed by atoms with van der Waals surface area (Å²) in [6.45, 7) is 5.22. The van der Waals surface area contributed by atoms with E-state index in [2.05, 4.69) is 23.2 Å². The van der Waals surface area contributed by atoms with Gasteiger partial charge in [0.05, 0.1) is 5.56 Å². The van der Waals surface area contributed by atoms with Crippen molar-refractivity contribution in [1.82, 2.24) is 10.2 Å². The van der Waals surface area contributed by atoms with Crippen molar-refractivity contribution in [3.63, 3.8) is 0 Å². The summed E-state index contributed by atoms with van der Waals surface area (Å²) in [7, 11) is 0. The number of nitrogens with zero attached hydrogens (tertiary/aromatic N) is 2. The quantitative estimate of drug-likeness (QED) is 0.771. The van der Waals surface area contributed by atoms with E-state index in [9.17, 15) is 0 Å². The molecule has 0 amide bonds. The van der Waals surface area contributed by atoms with Crippen LogP contribution in [0.2, 0.25) is 5.02 Å². The number of para-hydroxylation sites is 1.